The zero-order valence-electron chi connectivity index (χ0n) is 18.2. The summed E-state index contributed by atoms with van der Waals surface area (Å²) < 4.78 is 6.66. The molecule has 1 aliphatic rings. The highest BCUT2D eigenvalue weighted by Crippen LogP contribution is 2.38. The van der Waals surface area contributed by atoms with Crippen molar-refractivity contribution in [2.24, 2.45) is 5.92 Å². The molecule has 1 saturated carbocycles. The van der Waals surface area contributed by atoms with E-state index in [-0.39, 0.29) is 18.7 Å². The zero-order chi connectivity index (χ0) is 22.1. The van der Waals surface area contributed by atoms with Crippen LogP contribution in [-0.2, 0) is 0 Å². The molecule has 3 atom stereocenters. The maximum absolute atomic E-state index is 9.56. The standard InChI is InChI=1S/C24H27N5O2S/c1-14(19-7-5-11-31-19)25-24-26-15(2)21(23-28-18-6-3-4-8-20(18)32-23)22(29-24)27-17-10-9-16(12-17)13-30/h3-8,11,14,16-17,30H,9-10,12-13H2,1-2H3,(H2,25,26,27,29)/t14?,16-,17+/m1/s1. The van der Waals surface area contributed by atoms with Gasteiger partial charge >= 0.3 is 0 Å². The lowest BCUT2D eigenvalue weighted by Crippen LogP contribution is -2.19. The van der Waals surface area contributed by atoms with Crippen molar-refractivity contribution in [2.45, 2.75) is 45.2 Å². The van der Waals surface area contributed by atoms with Gasteiger partial charge < -0.3 is 20.2 Å². The van der Waals surface area contributed by atoms with Crippen LogP contribution in [-0.4, -0.2) is 32.7 Å². The molecule has 32 heavy (non-hydrogen) atoms. The van der Waals surface area contributed by atoms with E-state index in [1.54, 1.807) is 17.6 Å². The number of thiazole rings is 1. The molecule has 1 aliphatic carbocycles. The van der Waals surface area contributed by atoms with Gasteiger partial charge in [-0.25, -0.2) is 9.97 Å². The third-order valence-electron chi connectivity index (χ3n) is 6.05. The first-order valence-corrected chi connectivity index (χ1v) is 11.8. The molecule has 0 radical (unpaired) electrons. The Morgan fingerprint density at radius 1 is 1.16 bits per heavy atom. The number of aromatic nitrogens is 3. The molecule has 5 rings (SSSR count). The predicted molar refractivity (Wildman–Crippen MR) is 128 cm³/mol. The highest BCUT2D eigenvalue weighted by atomic mass is 32.1. The predicted octanol–water partition coefficient (Wildman–Crippen LogP) is 5.40. The lowest BCUT2D eigenvalue weighted by molar-refractivity contribution is 0.229. The molecule has 0 aliphatic heterocycles. The zero-order valence-corrected chi connectivity index (χ0v) is 19.0. The summed E-state index contributed by atoms with van der Waals surface area (Å²) >= 11 is 1.65. The second kappa shape index (κ2) is 8.88. The number of furan rings is 1. The van der Waals surface area contributed by atoms with Crippen molar-refractivity contribution in [3.8, 4) is 10.6 Å². The number of aliphatic hydroxyl groups excluding tert-OH is 1. The summed E-state index contributed by atoms with van der Waals surface area (Å²) in [5.41, 5.74) is 2.79. The maximum Gasteiger partial charge on any atom is 0.225 e. The number of hydrogen-bond acceptors (Lipinski definition) is 8. The minimum Gasteiger partial charge on any atom is -0.467 e. The molecule has 0 amide bonds. The Kier molecular flexibility index (Phi) is 5.80. The molecular weight excluding hydrogens is 422 g/mol. The summed E-state index contributed by atoms with van der Waals surface area (Å²) in [5.74, 6) is 2.51. The van der Waals surface area contributed by atoms with Gasteiger partial charge in [-0.05, 0) is 63.3 Å². The summed E-state index contributed by atoms with van der Waals surface area (Å²) in [6.07, 6.45) is 4.64. The van der Waals surface area contributed by atoms with Gasteiger partial charge in [0.05, 0.1) is 33.8 Å². The molecular formula is C24H27N5O2S. The molecule has 1 unspecified atom stereocenters. The Bertz CT molecular complexity index is 1170. The number of rotatable bonds is 7. The van der Waals surface area contributed by atoms with Crippen LogP contribution in [0.5, 0.6) is 0 Å². The van der Waals surface area contributed by atoms with Crippen LogP contribution in [0.3, 0.4) is 0 Å². The number of benzene rings is 1. The molecule has 4 aromatic rings. The molecule has 0 spiro atoms. The van der Waals surface area contributed by atoms with Gasteiger partial charge in [0.1, 0.15) is 16.6 Å². The van der Waals surface area contributed by atoms with E-state index in [0.717, 1.165) is 57.3 Å². The summed E-state index contributed by atoms with van der Waals surface area (Å²) in [7, 11) is 0. The quantitative estimate of drug-likeness (QED) is 0.347. The minimum atomic E-state index is -0.0594. The first-order valence-electron chi connectivity index (χ1n) is 11.0. The van der Waals surface area contributed by atoms with E-state index in [9.17, 15) is 5.11 Å². The molecule has 8 heteroatoms. The van der Waals surface area contributed by atoms with Gasteiger partial charge in [0, 0.05) is 12.6 Å². The van der Waals surface area contributed by atoms with Crippen LogP contribution in [0.2, 0.25) is 0 Å². The largest absolute Gasteiger partial charge is 0.467 e. The van der Waals surface area contributed by atoms with Crippen LogP contribution in [0.4, 0.5) is 11.8 Å². The number of nitrogens with zero attached hydrogens (tertiary/aromatic N) is 3. The van der Waals surface area contributed by atoms with Crippen molar-refractivity contribution in [3.05, 3.63) is 54.1 Å². The Morgan fingerprint density at radius 2 is 2.03 bits per heavy atom. The van der Waals surface area contributed by atoms with Gasteiger partial charge in [-0.15, -0.1) is 11.3 Å². The lowest BCUT2D eigenvalue weighted by atomic mass is 10.1. The van der Waals surface area contributed by atoms with E-state index >= 15 is 0 Å². The Labute approximate surface area is 190 Å². The average Bonchev–Trinajstić information content (AvgIpc) is 3.53. The first-order chi connectivity index (χ1) is 15.6. The van der Waals surface area contributed by atoms with E-state index in [0.29, 0.717) is 11.9 Å². The van der Waals surface area contributed by atoms with Crippen molar-refractivity contribution in [3.63, 3.8) is 0 Å². The highest BCUT2D eigenvalue weighted by Gasteiger charge is 2.27. The number of hydrogen-bond donors (Lipinski definition) is 3. The van der Waals surface area contributed by atoms with Gasteiger partial charge in [-0.1, -0.05) is 12.1 Å². The first kappa shape index (κ1) is 20.9. The fraction of sp³-hybridized carbons (Fsp3) is 0.375. The third-order valence-corrected chi connectivity index (χ3v) is 7.11. The summed E-state index contributed by atoms with van der Waals surface area (Å²) in [6.45, 7) is 4.26. The van der Waals surface area contributed by atoms with E-state index in [1.807, 2.05) is 44.2 Å². The second-order valence-corrected chi connectivity index (χ2v) is 9.46. The van der Waals surface area contributed by atoms with Crippen LogP contribution in [0.25, 0.3) is 20.8 Å². The lowest BCUT2D eigenvalue weighted by Gasteiger charge is -2.19. The van der Waals surface area contributed by atoms with Crippen molar-refractivity contribution in [1.82, 2.24) is 15.0 Å². The van der Waals surface area contributed by atoms with E-state index < -0.39 is 0 Å². The summed E-state index contributed by atoms with van der Waals surface area (Å²) in [4.78, 5) is 14.5. The number of aryl methyl sites for hydroxylation is 1. The van der Waals surface area contributed by atoms with Crippen LogP contribution in [0.15, 0.2) is 47.1 Å². The molecule has 166 valence electrons. The third kappa shape index (κ3) is 4.20. The summed E-state index contributed by atoms with van der Waals surface area (Å²) in [6, 6.07) is 12.2. The molecule has 1 fully saturated rings. The van der Waals surface area contributed by atoms with Crippen LogP contribution < -0.4 is 10.6 Å². The SMILES string of the molecule is Cc1nc(NC(C)c2ccco2)nc(N[C@H]2CC[C@@H](CO)C2)c1-c1nc2ccccc2s1. The van der Waals surface area contributed by atoms with Crippen LogP contribution in [0.1, 0.15) is 43.7 Å². The molecule has 7 nitrogen and oxygen atoms in total. The number of fused-ring (bicyclic) bond motifs is 1. The van der Waals surface area contributed by atoms with Crippen LogP contribution >= 0.6 is 11.3 Å². The van der Waals surface area contributed by atoms with E-state index in [4.69, 9.17) is 19.4 Å². The average molecular weight is 450 g/mol. The highest BCUT2D eigenvalue weighted by molar-refractivity contribution is 7.21. The fourth-order valence-corrected chi connectivity index (χ4v) is 5.41. The minimum absolute atomic E-state index is 0.0594. The van der Waals surface area contributed by atoms with Crippen molar-refractivity contribution in [2.75, 3.05) is 17.2 Å². The number of aliphatic hydroxyl groups is 1. The fourth-order valence-electron chi connectivity index (χ4n) is 4.34. The van der Waals surface area contributed by atoms with E-state index in [1.165, 1.54) is 0 Å². The monoisotopic (exact) mass is 449 g/mol. The van der Waals surface area contributed by atoms with Crippen molar-refractivity contribution in [1.29, 1.82) is 0 Å². The van der Waals surface area contributed by atoms with Crippen molar-refractivity contribution >= 4 is 33.3 Å². The maximum atomic E-state index is 9.56. The molecule has 0 saturated heterocycles. The molecule has 3 N–H and O–H groups in total. The normalized spacial score (nSPS) is 19.3. The number of anilines is 2. The van der Waals surface area contributed by atoms with Crippen molar-refractivity contribution < 1.29 is 9.52 Å². The van der Waals surface area contributed by atoms with Gasteiger partial charge in [-0.2, -0.15) is 4.98 Å². The van der Waals surface area contributed by atoms with Gasteiger partial charge in [0.15, 0.2) is 0 Å². The van der Waals surface area contributed by atoms with E-state index in [2.05, 4.69) is 16.7 Å². The Balaban J connectivity index is 1.52. The van der Waals surface area contributed by atoms with Gasteiger partial charge in [0.2, 0.25) is 5.95 Å². The van der Waals surface area contributed by atoms with Gasteiger partial charge in [0.25, 0.3) is 0 Å². The Morgan fingerprint density at radius 3 is 2.78 bits per heavy atom. The summed E-state index contributed by atoms with van der Waals surface area (Å²) in [5, 5.41) is 17.5. The van der Waals surface area contributed by atoms with Crippen LogP contribution in [0, 0.1) is 12.8 Å². The second-order valence-electron chi connectivity index (χ2n) is 8.43. The topological polar surface area (TPSA) is 96.1 Å². The van der Waals surface area contributed by atoms with Gasteiger partial charge in [-0.3, -0.25) is 0 Å². The molecule has 3 heterocycles. The Hall–Kier alpha value is -2.97. The molecule has 0 bridgehead atoms. The molecule has 1 aromatic carbocycles. The number of nitrogens with one attached hydrogen (secondary N) is 2. The molecule has 3 aromatic heterocycles. The number of para-hydroxylation sites is 1. The smallest absolute Gasteiger partial charge is 0.225 e.